The highest BCUT2D eigenvalue weighted by Crippen LogP contribution is 2.46. The van der Waals surface area contributed by atoms with Gasteiger partial charge in [0.1, 0.15) is 0 Å². The van der Waals surface area contributed by atoms with Crippen molar-refractivity contribution in [1.82, 2.24) is 29.1 Å². The Kier molecular flexibility index (Phi) is 12.1. The van der Waals surface area contributed by atoms with Gasteiger partial charge in [0.05, 0.1) is 39.3 Å². The number of allylic oxidation sites excluding steroid dienone is 1. The first-order chi connectivity index (χ1) is 43.1. The van der Waals surface area contributed by atoms with E-state index in [0.717, 1.165) is 102 Å². The van der Waals surface area contributed by atoms with E-state index in [1.807, 2.05) is 60.4 Å². The molecule has 16 aromatic rings. The molecule has 0 spiro atoms. The zero-order valence-corrected chi connectivity index (χ0v) is 48.0. The highest BCUT2D eigenvalue weighted by atomic mass is 32.1. The van der Waals surface area contributed by atoms with Crippen molar-refractivity contribution in [3.8, 4) is 89.8 Å². The van der Waals surface area contributed by atoms with Crippen LogP contribution in [0.15, 0.2) is 292 Å². The van der Waals surface area contributed by atoms with E-state index in [-0.39, 0.29) is 5.92 Å². The molecule has 0 fully saturated rings. The second kappa shape index (κ2) is 20.9. The molecule has 0 bridgehead atoms. The summed E-state index contributed by atoms with van der Waals surface area (Å²) in [5.41, 5.74) is 24.7. The van der Waals surface area contributed by atoms with Crippen LogP contribution < -0.4 is 0 Å². The maximum atomic E-state index is 4.82. The van der Waals surface area contributed by atoms with Crippen molar-refractivity contribution in [2.45, 2.75) is 12.3 Å². The summed E-state index contributed by atoms with van der Waals surface area (Å²) in [6.45, 7) is 0. The molecule has 6 nitrogen and oxygen atoms in total. The summed E-state index contributed by atoms with van der Waals surface area (Å²) in [6, 6.07) is 94.4. The topological polar surface area (TPSA) is 61.4 Å². The summed E-state index contributed by atoms with van der Waals surface area (Å²) < 4.78 is 7.47. The van der Waals surface area contributed by atoms with Gasteiger partial charge in [0.15, 0.2) is 0 Å². The van der Waals surface area contributed by atoms with Crippen molar-refractivity contribution >= 4 is 70.3 Å². The number of pyridine rings is 4. The number of thiophene rings is 1. The van der Waals surface area contributed by atoms with Gasteiger partial charge in [-0.25, -0.2) is 0 Å². The molecule has 0 saturated carbocycles. The molecule has 0 N–H and O–H groups in total. The Morgan fingerprint density at radius 3 is 1.17 bits per heavy atom. The molecular weight excluding hydrogens is 1080 g/mol. The third kappa shape index (κ3) is 8.61. The first-order valence-corrected chi connectivity index (χ1v) is 30.4. The largest absolute Gasteiger partial charge is 0.310 e. The SMILES string of the molecule is C1=CC(c2ccccc2-c2ccccn2)Cc2c1n(-c1ccc3sc4ccc(-n5c6ccc(-c7ccccc7-c7ccccn7)cc6c6cc(-c7ccccc7-c7ccccn7)ccc65)cc4c3c1)c1ccc(-c3ccccc3-c3ccccn3)cc21. The lowest BCUT2D eigenvalue weighted by Gasteiger charge is -2.22. The number of rotatable bonds is 10. The summed E-state index contributed by atoms with van der Waals surface area (Å²) >= 11 is 1.85. The van der Waals surface area contributed by atoms with Gasteiger partial charge in [0, 0.05) is 106 Å². The predicted molar refractivity (Wildman–Crippen MR) is 362 cm³/mol. The molecule has 87 heavy (non-hydrogen) atoms. The highest BCUT2D eigenvalue weighted by Gasteiger charge is 2.27. The fraction of sp³-hybridized carbons (Fsp3) is 0.0250. The van der Waals surface area contributed by atoms with Crippen LogP contribution in [0.3, 0.4) is 0 Å². The molecule has 9 aromatic carbocycles. The normalized spacial score (nSPS) is 13.1. The summed E-state index contributed by atoms with van der Waals surface area (Å²) in [6.07, 6.45) is 13.1. The molecule has 408 valence electrons. The van der Waals surface area contributed by atoms with Gasteiger partial charge in [0.2, 0.25) is 0 Å². The zero-order chi connectivity index (χ0) is 57.4. The van der Waals surface area contributed by atoms with Crippen LogP contribution in [-0.2, 0) is 6.42 Å². The lowest BCUT2D eigenvalue weighted by atomic mass is 9.83. The quantitative estimate of drug-likeness (QED) is 0.137. The minimum Gasteiger partial charge on any atom is -0.310 e. The van der Waals surface area contributed by atoms with E-state index in [4.69, 9.17) is 19.9 Å². The molecule has 0 saturated heterocycles. The second-order valence-electron chi connectivity index (χ2n) is 22.4. The molecule has 7 heterocycles. The molecule has 7 aromatic heterocycles. The summed E-state index contributed by atoms with van der Waals surface area (Å²) in [5, 5.41) is 6.06. The van der Waals surface area contributed by atoms with E-state index in [2.05, 4.69) is 258 Å². The number of nitrogens with zero attached hydrogens (tertiary/aromatic N) is 6. The first kappa shape index (κ1) is 50.4. The molecule has 7 heteroatoms. The lowest BCUT2D eigenvalue weighted by Crippen LogP contribution is -2.08. The average Bonchev–Trinajstić information content (AvgIpc) is 1.70. The van der Waals surface area contributed by atoms with Crippen molar-refractivity contribution in [2.24, 2.45) is 0 Å². The highest BCUT2D eigenvalue weighted by molar-refractivity contribution is 7.25. The fourth-order valence-electron chi connectivity index (χ4n) is 13.6. The molecule has 17 rings (SSSR count). The maximum Gasteiger partial charge on any atom is 0.0708 e. The van der Waals surface area contributed by atoms with Gasteiger partial charge in [-0.15, -0.1) is 11.3 Å². The van der Waals surface area contributed by atoms with Crippen LogP contribution in [0.2, 0.25) is 0 Å². The Morgan fingerprint density at radius 1 is 0.322 bits per heavy atom. The van der Waals surface area contributed by atoms with E-state index in [0.29, 0.717) is 0 Å². The van der Waals surface area contributed by atoms with Gasteiger partial charge in [-0.05, 0) is 178 Å². The van der Waals surface area contributed by atoms with Crippen LogP contribution in [0.1, 0.15) is 22.7 Å². The van der Waals surface area contributed by atoms with Crippen LogP contribution in [0, 0.1) is 0 Å². The molecule has 1 aliphatic rings. The Morgan fingerprint density at radius 2 is 0.713 bits per heavy atom. The summed E-state index contributed by atoms with van der Waals surface area (Å²) in [7, 11) is 0. The Bertz CT molecular complexity index is 5230. The van der Waals surface area contributed by atoms with Crippen molar-refractivity contribution in [3.05, 3.63) is 309 Å². The van der Waals surface area contributed by atoms with Gasteiger partial charge >= 0.3 is 0 Å². The van der Waals surface area contributed by atoms with E-state index in [1.54, 1.807) is 0 Å². The third-order valence-corrected chi connectivity index (χ3v) is 18.7. The van der Waals surface area contributed by atoms with Gasteiger partial charge < -0.3 is 9.13 Å². The van der Waals surface area contributed by atoms with Crippen LogP contribution in [0.4, 0.5) is 0 Å². The van der Waals surface area contributed by atoms with Gasteiger partial charge in [-0.3, -0.25) is 19.9 Å². The molecule has 1 aliphatic carbocycles. The molecule has 1 atom stereocenters. The van der Waals surface area contributed by atoms with Gasteiger partial charge in [-0.2, -0.15) is 0 Å². The van der Waals surface area contributed by atoms with E-state index < -0.39 is 0 Å². The molecule has 0 aliphatic heterocycles. The Hall–Kier alpha value is -11.1. The molecule has 0 radical (unpaired) electrons. The second-order valence-corrected chi connectivity index (χ2v) is 23.5. The maximum absolute atomic E-state index is 4.82. The zero-order valence-electron chi connectivity index (χ0n) is 47.2. The number of aromatic nitrogens is 6. The average molecular weight is 1130 g/mol. The first-order valence-electron chi connectivity index (χ1n) is 29.6. The van der Waals surface area contributed by atoms with Crippen molar-refractivity contribution in [1.29, 1.82) is 0 Å². The standard InChI is InChI=1S/C80H52N6S/c1-5-21-61(71-25-9-13-41-81-71)57(17-1)51-29-35-75-65(45-51)66-46-52(58-18-2-6-22-62(58)72-26-10-14-42-82-72)30-36-76(66)85(75)55-33-39-79-69(49-55)70-50-56(34-40-80(70)87-79)86-77-37-31-53(59-19-3-7-23-63(59)73-27-11-15-43-83-73)47-67(77)68-48-54(32-38-78(68)86)60-20-4-8-24-64(60)74-28-12-16-44-84-74/h1-47,49-50,54H,48H2. The van der Waals surface area contributed by atoms with E-state index >= 15 is 0 Å². The van der Waals surface area contributed by atoms with Crippen molar-refractivity contribution < 1.29 is 0 Å². The number of benzene rings is 9. The number of hydrogen-bond donors (Lipinski definition) is 0. The predicted octanol–water partition coefficient (Wildman–Crippen LogP) is 20.7. The van der Waals surface area contributed by atoms with Crippen molar-refractivity contribution in [3.63, 3.8) is 0 Å². The fourth-order valence-corrected chi connectivity index (χ4v) is 14.7. The van der Waals surface area contributed by atoms with Gasteiger partial charge in [0.25, 0.3) is 0 Å². The minimum atomic E-state index is 0.143. The van der Waals surface area contributed by atoms with Crippen LogP contribution >= 0.6 is 11.3 Å². The summed E-state index contributed by atoms with van der Waals surface area (Å²) in [5.74, 6) is 0.143. The molecular formula is C80H52N6S. The number of fused-ring (bicyclic) bond motifs is 9. The Labute approximate surface area is 507 Å². The number of hydrogen-bond acceptors (Lipinski definition) is 5. The molecule has 1 unspecified atom stereocenters. The van der Waals surface area contributed by atoms with Crippen molar-refractivity contribution in [2.75, 3.05) is 0 Å². The smallest absolute Gasteiger partial charge is 0.0708 e. The molecule has 0 amide bonds. The van der Waals surface area contributed by atoms with E-state index in [9.17, 15) is 0 Å². The van der Waals surface area contributed by atoms with Gasteiger partial charge in [-0.1, -0.05) is 146 Å². The third-order valence-electron chi connectivity index (χ3n) is 17.6. The monoisotopic (exact) mass is 1130 g/mol. The van der Waals surface area contributed by atoms with Crippen LogP contribution in [0.5, 0.6) is 0 Å². The minimum absolute atomic E-state index is 0.143. The van der Waals surface area contributed by atoms with E-state index in [1.165, 1.54) is 64.2 Å². The Balaban J connectivity index is 0.834. The van der Waals surface area contributed by atoms with Crippen LogP contribution in [0.25, 0.3) is 149 Å². The lowest BCUT2D eigenvalue weighted by molar-refractivity contribution is 0.826. The summed E-state index contributed by atoms with van der Waals surface area (Å²) in [4.78, 5) is 19.2. The van der Waals surface area contributed by atoms with Crippen LogP contribution in [-0.4, -0.2) is 29.1 Å².